The Hall–Kier alpha value is -2.89. The molecule has 1 atom stereocenters. The van der Waals surface area contributed by atoms with Crippen molar-refractivity contribution < 1.29 is 4.79 Å². The van der Waals surface area contributed by atoms with Gasteiger partial charge in [0.15, 0.2) is 5.65 Å². The van der Waals surface area contributed by atoms with Gasteiger partial charge in [0, 0.05) is 31.4 Å². The van der Waals surface area contributed by atoms with Crippen LogP contribution in [-0.4, -0.2) is 39.6 Å². The van der Waals surface area contributed by atoms with Crippen molar-refractivity contribution in [3.8, 4) is 0 Å². The Kier molecular flexibility index (Phi) is 3.86. The number of fused-ring (bicyclic) bond motifs is 1. The highest BCUT2D eigenvalue weighted by molar-refractivity contribution is 5.79. The monoisotopic (exact) mass is 321 g/mol. The third kappa shape index (κ3) is 2.95. The van der Waals surface area contributed by atoms with Crippen LogP contribution in [0.15, 0.2) is 54.9 Å². The van der Waals surface area contributed by atoms with Gasteiger partial charge in [0.1, 0.15) is 5.82 Å². The van der Waals surface area contributed by atoms with Crippen molar-refractivity contribution >= 4 is 17.4 Å². The minimum Gasteiger partial charge on any atom is -0.354 e. The second-order valence-electron chi connectivity index (χ2n) is 6.07. The molecule has 0 spiro atoms. The van der Waals surface area contributed by atoms with Gasteiger partial charge in [-0.3, -0.25) is 4.79 Å². The van der Waals surface area contributed by atoms with Crippen LogP contribution < -0.4 is 10.2 Å². The fraction of sp³-hybridized carbons (Fsp3) is 0.278. The second kappa shape index (κ2) is 6.31. The molecule has 3 aromatic rings. The lowest BCUT2D eigenvalue weighted by Gasteiger charge is -2.19. The van der Waals surface area contributed by atoms with E-state index in [1.807, 2.05) is 47.0 Å². The highest BCUT2D eigenvalue weighted by atomic mass is 16.1. The SMILES string of the molecule is O=C(Cc1ccccc1)NC1CCN(c2ccnc3ccnn23)C1. The van der Waals surface area contributed by atoms with Gasteiger partial charge in [-0.2, -0.15) is 9.61 Å². The molecular weight excluding hydrogens is 302 g/mol. The largest absolute Gasteiger partial charge is 0.354 e. The zero-order valence-corrected chi connectivity index (χ0v) is 13.3. The molecule has 1 N–H and O–H groups in total. The summed E-state index contributed by atoms with van der Waals surface area (Å²) in [5.74, 6) is 1.09. The first kappa shape index (κ1) is 14.7. The maximum Gasteiger partial charge on any atom is 0.224 e. The zero-order chi connectivity index (χ0) is 16.4. The van der Waals surface area contributed by atoms with Gasteiger partial charge in [0.05, 0.1) is 12.6 Å². The molecule has 3 heterocycles. The van der Waals surface area contributed by atoms with Gasteiger partial charge in [-0.1, -0.05) is 30.3 Å². The van der Waals surface area contributed by atoms with Crippen LogP contribution in [0.1, 0.15) is 12.0 Å². The van der Waals surface area contributed by atoms with Gasteiger partial charge in [-0.15, -0.1) is 0 Å². The highest BCUT2D eigenvalue weighted by Crippen LogP contribution is 2.20. The molecule has 1 aromatic carbocycles. The number of aromatic nitrogens is 3. The lowest BCUT2D eigenvalue weighted by atomic mass is 10.1. The van der Waals surface area contributed by atoms with Gasteiger partial charge in [0.25, 0.3) is 0 Å². The van der Waals surface area contributed by atoms with E-state index in [1.165, 1.54) is 0 Å². The predicted molar refractivity (Wildman–Crippen MR) is 91.9 cm³/mol. The van der Waals surface area contributed by atoms with Crippen molar-refractivity contribution in [1.29, 1.82) is 0 Å². The molecule has 0 aliphatic carbocycles. The number of hydrogen-bond acceptors (Lipinski definition) is 4. The molecule has 1 aliphatic heterocycles. The summed E-state index contributed by atoms with van der Waals surface area (Å²) in [5, 5.41) is 7.47. The average molecular weight is 321 g/mol. The molecule has 0 radical (unpaired) electrons. The zero-order valence-electron chi connectivity index (χ0n) is 13.3. The van der Waals surface area contributed by atoms with Crippen LogP contribution in [-0.2, 0) is 11.2 Å². The highest BCUT2D eigenvalue weighted by Gasteiger charge is 2.25. The molecule has 0 bridgehead atoms. The number of anilines is 1. The van der Waals surface area contributed by atoms with Crippen LogP contribution in [0.25, 0.3) is 5.65 Å². The molecule has 1 aliphatic rings. The molecule has 122 valence electrons. The Bertz CT molecular complexity index is 845. The Labute approximate surface area is 140 Å². The molecule has 24 heavy (non-hydrogen) atoms. The van der Waals surface area contributed by atoms with E-state index in [-0.39, 0.29) is 11.9 Å². The lowest BCUT2D eigenvalue weighted by molar-refractivity contribution is -0.121. The van der Waals surface area contributed by atoms with E-state index in [4.69, 9.17) is 0 Å². The summed E-state index contributed by atoms with van der Waals surface area (Å²) in [5.41, 5.74) is 1.88. The van der Waals surface area contributed by atoms with Crippen LogP contribution in [0, 0.1) is 0 Å². The molecule has 4 rings (SSSR count). The number of hydrogen-bond donors (Lipinski definition) is 1. The third-order valence-corrected chi connectivity index (χ3v) is 4.36. The Balaban J connectivity index is 1.40. The summed E-state index contributed by atoms with van der Waals surface area (Å²) in [6.07, 6.45) is 4.91. The number of nitrogens with zero attached hydrogens (tertiary/aromatic N) is 4. The van der Waals surface area contributed by atoms with Crippen LogP contribution in [0.2, 0.25) is 0 Å². The first-order chi connectivity index (χ1) is 11.8. The van der Waals surface area contributed by atoms with Crippen molar-refractivity contribution in [3.63, 3.8) is 0 Å². The van der Waals surface area contributed by atoms with Crippen molar-refractivity contribution in [2.45, 2.75) is 18.9 Å². The topological polar surface area (TPSA) is 62.5 Å². The quantitative estimate of drug-likeness (QED) is 0.794. The number of rotatable bonds is 4. The van der Waals surface area contributed by atoms with Crippen LogP contribution in [0.5, 0.6) is 0 Å². The number of nitrogens with one attached hydrogen (secondary N) is 1. The summed E-state index contributed by atoms with van der Waals surface area (Å²) in [6.45, 7) is 1.69. The van der Waals surface area contributed by atoms with Crippen molar-refractivity contribution in [2.75, 3.05) is 18.0 Å². The average Bonchev–Trinajstić information content (AvgIpc) is 3.24. The fourth-order valence-corrected chi connectivity index (χ4v) is 3.21. The van der Waals surface area contributed by atoms with Crippen LogP contribution in [0.3, 0.4) is 0 Å². The standard InChI is InChI=1S/C18H19N5O/c24-17(12-14-4-2-1-3-5-14)21-15-8-11-22(13-15)18-7-9-19-16-6-10-20-23(16)18/h1-7,9-10,15H,8,11-13H2,(H,21,24). The minimum absolute atomic E-state index is 0.0759. The smallest absolute Gasteiger partial charge is 0.224 e. The summed E-state index contributed by atoms with van der Waals surface area (Å²) in [7, 11) is 0. The second-order valence-corrected chi connectivity index (χ2v) is 6.07. The fourth-order valence-electron chi connectivity index (χ4n) is 3.21. The van der Waals surface area contributed by atoms with Gasteiger partial charge < -0.3 is 10.2 Å². The molecule has 1 amide bonds. The van der Waals surface area contributed by atoms with Gasteiger partial charge in [0.2, 0.25) is 5.91 Å². The molecule has 1 fully saturated rings. The molecule has 6 nitrogen and oxygen atoms in total. The Morgan fingerprint density at radius 1 is 1.17 bits per heavy atom. The van der Waals surface area contributed by atoms with Gasteiger partial charge in [-0.05, 0) is 18.1 Å². The van der Waals surface area contributed by atoms with E-state index in [2.05, 4.69) is 20.3 Å². The summed E-state index contributed by atoms with van der Waals surface area (Å²) >= 11 is 0. The minimum atomic E-state index is 0.0759. The van der Waals surface area contributed by atoms with Gasteiger partial charge >= 0.3 is 0 Å². The number of carbonyl (C=O) groups excluding carboxylic acids is 1. The molecule has 1 unspecified atom stereocenters. The van der Waals surface area contributed by atoms with Crippen molar-refractivity contribution in [3.05, 3.63) is 60.4 Å². The lowest BCUT2D eigenvalue weighted by Crippen LogP contribution is -2.38. The van der Waals surface area contributed by atoms with E-state index in [0.29, 0.717) is 6.42 Å². The number of carbonyl (C=O) groups is 1. The van der Waals surface area contributed by atoms with Crippen molar-refractivity contribution in [1.82, 2.24) is 19.9 Å². The maximum atomic E-state index is 12.2. The summed E-state index contributed by atoms with van der Waals surface area (Å²) in [6, 6.07) is 13.9. The van der Waals surface area contributed by atoms with Crippen LogP contribution in [0.4, 0.5) is 5.82 Å². The molecule has 2 aromatic heterocycles. The number of benzene rings is 1. The first-order valence-corrected chi connectivity index (χ1v) is 8.16. The molecular formula is C18H19N5O. The number of amides is 1. The third-order valence-electron chi connectivity index (χ3n) is 4.36. The normalized spacial score (nSPS) is 17.3. The predicted octanol–water partition coefficient (Wildman–Crippen LogP) is 1.67. The summed E-state index contributed by atoms with van der Waals surface area (Å²) in [4.78, 5) is 18.8. The Morgan fingerprint density at radius 3 is 2.92 bits per heavy atom. The Morgan fingerprint density at radius 2 is 2.04 bits per heavy atom. The van der Waals surface area contributed by atoms with E-state index in [0.717, 1.165) is 36.5 Å². The van der Waals surface area contributed by atoms with E-state index < -0.39 is 0 Å². The van der Waals surface area contributed by atoms with Crippen molar-refractivity contribution in [2.24, 2.45) is 0 Å². The first-order valence-electron chi connectivity index (χ1n) is 8.16. The van der Waals surface area contributed by atoms with E-state index in [9.17, 15) is 4.79 Å². The van der Waals surface area contributed by atoms with Gasteiger partial charge in [-0.25, -0.2) is 4.98 Å². The molecule has 1 saturated heterocycles. The maximum absolute atomic E-state index is 12.2. The van der Waals surface area contributed by atoms with E-state index >= 15 is 0 Å². The molecule has 0 saturated carbocycles. The van der Waals surface area contributed by atoms with E-state index in [1.54, 1.807) is 12.4 Å². The van der Waals surface area contributed by atoms with Crippen LogP contribution >= 0.6 is 0 Å². The molecule has 6 heteroatoms. The summed E-state index contributed by atoms with van der Waals surface area (Å²) < 4.78 is 1.84.